The molecule has 0 aliphatic rings. The molecule has 6 nitrogen and oxygen atoms in total. The van der Waals surface area contributed by atoms with Gasteiger partial charge in [-0.15, -0.1) is 0 Å². The monoisotopic (exact) mass is 432 g/mol. The van der Waals surface area contributed by atoms with Crippen LogP contribution in [0.1, 0.15) is 29.8 Å². The molecule has 2 aromatic carbocycles. The molecule has 0 N–H and O–H groups in total. The van der Waals surface area contributed by atoms with Crippen LogP contribution in [0.4, 0.5) is 0 Å². The molecule has 0 amide bonds. The van der Waals surface area contributed by atoms with Crippen LogP contribution in [0.25, 0.3) is 27.9 Å². The average molecular weight is 433 g/mol. The highest BCUT2D eigenvalue weighted by Crippen LogP contribution is 2.28. The van der Waals surface area contributed by atoms with Crippen molar-refractivity contribution in [3.05, 3.63) is 86.7 Å². The molecule has 156 valence electrons. The summed E-state index contributed by atoms with van der Waals surface area (Å²) < 4.78 is 9.29. The van der Waals surface area contributed by atoms with Crippen molar-refractivity contribution in [1.29, 1.82) is 0 Å². The molecule has 0 fully saturated rings. The Bertz CT molecular complexity index is 1510. The number of halogens is 1. The fourth-order valence-corrected chi connectivity index (χ4v) is 4.15. The summed E-state index contributed by atoms with van der Waals surface area (Å²) in [5, 5.41) is 6.26. The van der Waals surface area contributed by atoms with Crippen molar-refractivity contribution in [2.24, 2.45) is 0 Å². The maximum absolute atomic E-state index is 13.3. The highest BCUT2D eigenvalue weighted by molar-refractivity contribution is 6.33. The van der Waals surface area contributed by atoms with Crippen molar-refractivity contribution in [2.45, 2.75) is 33.7 Å². The van der Waals surface area contributed by atoms with E-state index in [2.05, 4.69) is 22.2 Å². The van der Waals surface area contributed by atoms with E-state index in [4.69, 9.17) is 16.0 Å². The number of rotatable bonds is 4. The zero-order valence-electron chi connectivity index (χ0n) is 17.5. The van der Waals surface area contributed by atoms with Crippen LogP contribution in [0.15, 0.2) is 57.7 Å². The molecular weight excluding hydrogens is 412 g/mol. The Kier molecular flexibility index (Phi) is 4.67. The minimum Gasteiger partial charge on any atom is -0.441 e. The topological polar surface area (TPSA) is 65.3 Å². The number of fused-ring (bicyclic) bond motifs is 3. The van der Waals surface area contributed by atoms with Gasteiger partial charge in [-0.05, 0) is 44.2 Å². The second-order valence-corrected chi connectivity index (χ2v) is 8.07. The molecule has 7 heteroatoms. The lowest BCUT2D eigenvalue weighted by molar-refractivity contribution is 0.532. The Morgan fingerprint density at radius 1 is 1.06 bits per heavy atom. The smallest absolute Gasteiger partial charge is 0.291 e. The summed E-state index contributed by atoms with van der Waals surface area (Å²) in [6, 6.07) is 15.5. The SMILES string of the molecule is CCc1nn(Cc2nc(-c3ccccc3Cl)oc2C)c(=O)c2cc3cc(C)ccc3n12. The standard InChI is InChI=1S/C24H21ClN4O2/c1-4-22-27-28(24(30)21-12-16-11-14(2)9-10-20(16)29(21)22)13-19-15(3)31-23(26-19)17-7-5-6-8-18(17)25/h5-12H,4,13H2,1-3H3. The number of oxazole rings is 1. The second-order valence-electron chi connectivity index (χ2n) is 7.66. The predicted octanol–water partition coefficient (Wildman–Crippen LogP) is 5.19. The van der Waals surface area contributed by atoms with Crippen LogP contribution >= 0.6 is 11.6 Å². The van der Waals surface area contributed by atoms with Crippen LogP contribution in [0.5, 0.6) is 0 Å². The van der Waals surface area contributed by atoms with E-state index in [1.54, 1.807) is 6.07 Å². The molecule has 0 bridgehead atoms. The van der Waals surface area contributed by atoms with E-state index >= 15 is 0 Å². The largest absolute Gasteiger partial charge is 0.441 e. The van der Waals surface area contributed by atoms with Crippen molar-refractivity contribution in [3.63, 3.8) is 0 Å². The van der Waals surface area contributed by atoms with E-state index in [1.165, 1.54) is 4.68 Å². The Morgan fingerprint density at radius 3 is 2.65 bits per heavy atom. The van der Waals surface area contributed by atoms with Gasteiger partial charge >= 0.3 is 0 Å². The molecule has 3 aromatic heterocycles. The number of hydrogen-bond acceptors (Lipinski definition) is 4. The zero-order chi connectivity index (χ0) is 21.7. The van der Waals surface area contributed by atoms with Gasteiger partial charge in [0, 0.05) is 11.8 Å². The van der Waals surface area contributed by atoms with E-state index < -0.39 is 0 Å². The molecule has 0 aliphatic carbocycles. The molecular formula is C24H21ClN4O2. The number of aryl methyl sites for hydroxylation is 3. The summed E-state index contributed by atoms with van der Waals surface area (Å²) >= 11 is 6.29. The third kappa shape index (κ3) is 3.24. The van der Waals surface area contributed by atoms with Gasteiger partial charge in [0.25, 0.3) is 5.56 Å². The number of aromatic nitrogens is 4. The summed E-state index contributed by atoms with van der Waals surface area (Å²) in [6.45, 7) is 6.14. The summed E-state index contributed by atoms with van der Waals surface area (Å²) in [7, 11) is 0. The molecule has 0 saturated heterocycles. The Morgan fingerprint density at radius 2 is 1.87 bits per heavy atom. The van der Waals surface area contributed by atoms with E-state index in [9.17, 15) is 4.79 Å². The van der Waals surface area contributed by atoms with Crippen molar-refractivity contribution in [2.75, 3.05) is 0 Å². The molecule has 0 aliphatic heterocycles. The lowest BCUT2D eigenvalue weighted by atomic mass is 10.2. The highest BCUT2D eigenvalue weighted by atomic mass is 35.5. The van der Waals surface area contributed by atoms with Crippen LogP contribution in [0.2, 0.25) is 5.02 Å². The van der Waals surface area contributed by atoms with E-state index in [-0.39, 0.29) is 12.1 Å². The normalized spacial score (nSPS) is 11.6. The van der Waals surface area contributed by atoms with Gasteiger partial charge < -0.3 is 4.42 Å². The van der Waals surface area contributed by atoms with Crippen molar-refractivity contribution < 1.29 is 4.42 Å². The first-order valence-corrected chi connectivity index (χ1v) is 10.6. The van der Waals surface area contributed by atoms with Crippen LogP contribution in [-0.4, -0.2) is 19.2 Å². The minimum atomic E-state index is -0.159. The van der Waals surface area contributed by atoms with Crippen LogP contribution in [-0.2, 0) is 13.0 Å². The van der Waals surface area contributed by atoms with Crippen LogP contribution in [0, 0.1) is 13.8 Å². The maximum Gasteiger partial charge on any atom is 0.291 e. The minimum absolute atomic E-state index is 0.159. The highest BCUT2D eigenvalue weighted by Gasteiger charge is 2.18. The summed E-state index contributed by atoms with van der Waals surface area (Å²) in [6.07, 6.45) is 0.692. The van der Waals surface area contributed by atoms with Gasteiger partial charge in [0.05, 0.1) is 22.6 Å². The first-order valence-electron chi connectivity index (χ1n) is 10.2. The lowest BCUT2D eigenvalue weighted by Gasteiger charge is -2.09. The van der Waals surface area contributed by atoms with Crippen molar-refractivity contribution >= 4 is 28.0 Å². The third-order valence-electron chi connectivity index (χ3n) is 5.52. The molecule has 5 aromatic rings. The Hall–Kier alpha value is -3.38. The van der Waals surface area contributed by atoms with Gasteiger partial charge in [-0.3, -0.25) is 9.20 Å². The van der Waals surface area contributed by atoms with Gasteiger partial charge in [-0.25, -0.2) is 9.67 Å². The summed E-state index contributed by atoms with van der Waals surface area (Å²) in [5.74, 6) is 1.89. The van der Waals surface area contributed by atoms with Crippen molar-refractivity contribution in [3.8, 4) is 11.5 Å². The molecule has 0 atom stereocenters. The molecule has 3 heterocycles. The fourth-order valence-electron chi connectivity index (χ4n) is 3.93. The zero-order valence-corrected chi connectivity index (χ0v) is 18.3. The van der Waals surface area contributed by atoms with Crippen LogP contribution < -0.4 is 5.56 Å². The first-order chi connectivity index (χ1) is 15.0. The Labute approximate surface area is 183 Å². The average Bonchev–Trinajstić information content (AvgIpc) is 3.31. The van der Waals surface area contributed by atoms with Gasteiger partial charge in [0.1, 0.15) is 22.8 Å². The molecule has 0 unspecified atom stereocenters. The first kappa shape index (κ1) is 19.6. The molecule has 31 heavy (non-hydrogen) atoms. The molecule has 0 saturated carbocycles. The van der Waals surface area contributed by atoms with Crippen LogP contribution in [0.3, 0.4) is 0 Å². The summed E-state index contributed by atoms with van der Waals surface area (Å²) in [5.41, 5.74) is 3.97. The lowest BCUT2D eigenvalue weighted by Crippen LogP contribution is -2.27. The number of hydrogen-bond donors (Lipinski definition) is 0. The molecule has 0 spiro atoms. The van der Waals surface area contributed by atoms with Gasteiger partial charge in [-0.2, -0.15) is 5.10 Å². The Balaban J connectivity index is 1.63. The third-order valence-corrected chi connectivity index (χ3v) is 5.85. The fraction of sp³-hybridized carbons (Fsp3) is 0.208. The van der Waals surface area contributed by atoms with Crippen molar-refractivity contribution in [1.82, 2.24) is 19.2 Å². The van der Waals surface area contributed by atoms with Gasteiger partial charge in [0.15, 0.2) is 0 Å². The van der Waals surface area contributed by atoms with Gasteiger partial charge in [0.2, 0.25) is 5.89 Å². The predicted molar refractivity (Wildman–Crippen MR) is 122 cm³/mol. The van der Waals surface area contributed by atoms with Gasteiger partial charge in [-0.1, -0.05) is 42.3 Å². The second kappa shape index (κ2) is 7.39. The number of nitrogens with zero attached hydrogens (tertiary/aromatic N) is 4. The summed E-state index contributed by atoms with van der Waals surface area (Å²) in [4.78, 5) is 17.9. The quantitative estimate of drug-likeness (QED) is 0.392. The van der Waals surface area contributed by atoms with E-state index in [0.717, 1.165) is 27.9 Å². The molecule has 0 radical (unpaired) electrons. The molecule has 5 rings (SSSR count). The maximum atomic E-state index is 13.3. The van der Waals surface area contributed by atoms with E-state index in [0.29, 0.717) is 34.3 Å². The number of benzene rings is 2. The van der Waals surface area contributed by atoms with E-state index in [1.807, 2.05) is 55.5 Å².